The van der Waals surface area contributed by atoms with E-state index in [0.29, 0.717) is 10.6 Å². The molecule has 4 aromatic rings. The van der Waals surface area contributed by atoms with E-state index in [9.17, 15) is 19.2 Å². The van der Waals surface area contributed by atoms with E-state index in [2.05, 4.69) is 41.2 Å². The van der Waals surface area contributed by atoms with Gasteiger partial charge in [0.15, 0.2) is 0 Å². The average molecular weight is 736 g/mol. The first-order valence-corrected chi connectivity index (χ1v) is 17.2. The van der Waals surface area contributed by atoms with Crippen LogP contribution < -0.4 is 21.3 Å². The van der Waals surface area contributed by atoms with Gasteiger partial charge in [-0.15, -0.1) is 0 Å². The molecule has 0 aliphatic heterocycles. The number of anilines is 1. The predicted molar refractivity (Wildman–Crippen MR) is 196 cm³/mol. The van der Waals surface area contributed by atoms with Gasteiger partial charge in [-0.25, -0.2) is 9.59 Å². The van der Waals surface area contributed by atoms with E-state index in [0.717, 1.165) is 24.0 Å². The van der Waals surface area contributed by atoms with Gasteiger partial charge in [0.25, 0.3) is 5.91 Å². The van der Waals surface area contributed by atoms with Crippen molar-refractivity contribution in [1.29, 1.82) is 0 Å². The maximum Gasteiger partial charge on any atom is 0.330 e. The second-order valence-electron chi connectivity index (χ2n) is 12.7. The summed E-state index contributed by atoms with van der Waals surface area (Å²) in [5, 5.41) is 11.4. The summed E-state index contributed by atoms with van der Waals surface area (Å²) in [6, 6.07) is 24.7. The molecular weight excluding hydrogens is 699 g/mol. The van der Waals surface area contributed by atoms with E-state index in [-0.39, 0.29) is 52.3 Å². The van der Waals surface area contributed by atoms with E-state index in [4.69, 9.17) is 39.5 Å². The van der Waals surface area contributed by atoms with Crippen LogP contribution in [-0.4, -0.2) is 36.4 Å². The Morgan fingerprint density at radius 1 is 0.880 bits per heavy atom. The van der Waals surface area contributed by atoms with Crippen molar-refractivity contribution in [2.24, 2.45) is 0 Å². The molecule has 50 heavy (non-hydrogen) atoms. The summed E-state index contributed by atoms with van der Waals surface area (Å²) >= 11 is 19.1. The van der Waals surface area contributed by atoms with Gasteiger partial charge in [0.2, 0.25) is 5.91 Å². The third-order valence-corrected chi connectivity index (χ3v) is 9.50. The zero-order chi connectivity index (χ0) is 35.8. The highest BCUT2D eigenvalue weighted by molar-refractivity contribution is 6.41. The number of nitrogens with one attached hydrogen (secondary N) is 4. The molecule has 9 nitrogen and oxygen atoms in total. The van der Waals surface area contributed by atoms with E-state index in [1.54, 1.807) is 36.4 Å². The Morgan fingerprint density at radius 3 is 2.36 bits per heavy atom. The van der Waals surface area contributed by atoms with Gasteiger partial charge in [-0.2, -0.15) is 0 Å². The first kappa shape index (κ1) is 36.7. The molecule has 1 aliphatic carbocycles. The van der Waals surface area contributed by atoms with Gasteiger partial charge in [0.05, 0.1) is 40.3 Å². The topological polar surface area (TPSA) is 126 Å². The maximum absolute atomic E-state index is 13.7. The molecule has 5 rings (SSSR count). The summed E-state index contributed by atoms with van der Waals surface area (Å²) < 4.78 is 5.52. The van der Waals surface area contributed by atoms with Crippen molar-refractivity contribution < 1.29 is 23.9 Å². The largest absolute Gasteiger partial charge is 0.459 e. The highest BCUT2D eigenvalue weighted by atomic mass is 35.5. The normalized spacial score (nSPS) is 15.2. The number of hydrogen-bond acceptors (Lipinski definition) is 5. The number of ether oxygens (including phenoxy) is 1. The molecule has 1 unspecified atom stereocenters. The molecule has 0 fully saturated rings. The van der Waals surface area contributed by atoms with E-state index in [1.165, 1.54) is 17.7 Å². The Morgan fingerprint density at radius 2 is 1.60 bits per heavy atom. The molecule has 260 valence electrons. The highest BCUT2D eigenvalue weighted by Gasteiger charge is 2.33. The standard InChI is InChI=1S/C38H37Cl3N4O5/c1-38(2)18-17-29(26-13-6-7-14-27(26)38)45-37(49)42-21-31(36(48)50-22-23-9-4-3-5-10-23)44-35(47)33-28(40)15-16-30(34(33)41)43-32(46)20-24-11-8-12-25(39)19-24/h3-16,19,29,31H,17-18,20-22H2,1-2H3,(H,43,46)(H,44,47)(H2,42,45,49)/t29?,31-/m0/s1. The summed E-state index contributed by atoms with van der Waals surface area (Å²) in [6.45, 7) is 4.01. The maximum atomic E-state index is 13.7. The van der Waals surface area contributed by atoms with Crippen molar-refractivity contribution in [3.05, 3.63) is 134 Å². The number of carbonyl (C=O) groups is 4. The first-order chi connectivity index (χ1) is 23.9. The lowest BCUT2D eigenvalue weighted by molar-refractivity contribution is -0.147. The highest BCUT2D eigenvalue weighted by Crippen LogP contribution is 2.41. The number of esters is 1. The van der Waals surface area contributed by atoms with Gasteiger partial charge in [0.1, 0.15) is 12.6 Å². The van der Waals surface area contributed by atoms with E-state index < -0.39 is 29.9 Å². The van der Waals surface area contributed by atoms with Gasteiger partial charge in [-0.05, 0) is 64.8 Å². The van der Waals surface area contributed by atoms with Crippen LogP contribution in [0.1, 0.15) is 65.3 Å². The van der Waals surface area contributed by atoms with Crippen molar-refractivity contribution >= 4 is 64.3 Å². The minimum absolute atomic E-state index is 0.00824. The van der Waals surface area contributed by atoms with E-state index >= 15 is 0 Å². The van der Waals surface area contributed by atoms with Crippen LogP contribution >= 0.6 is 34.8 Å². The molecule has 0 spiro atoms. The zero-order valence-electron chi connectivity index (χ0n) is 27.5. The number of amides is 4. The van der Waals surface area contributed by atoms with Crippen LogP contribution in [0.2, 0.25) is 15.1 Å². The molecule has 4 aromatic carbocycles. The Labute approximate surface area is 306 Å². The minimum atomic E-state index is -1.32. The van der Waals surface area contributed by atoms with Crippen molar-refractivity contribution in [3.8, 4) is 0 Å². The molecule has 1 aliphatic rings. The molecule has 4 amide bonds. The number of hydrogen-bond donors (Lipinski definition) is 4. The molecule has 0 radical (unpaired) electrons. The summed E-state index contributed by atoms with van der Waals surface area (Å²) in [5.41, 5.74) is 3.58. The lowest BCUT2D eigenvalue weighted by atomic mass is 9.71. The Kier molecular flexibility index (Phi) is 12.1. The van der Waals surface area contributed by atoms with Gasteiger partial charge < -0.3 is 26.0 Å². The van der Waals surface area contributed by atoms with Crippen LogP contribution in [0.25, 0.3) is 0 Å². The quantitative estimate of drug-likeness (QED) is 0.117. The Bertz CT molecular complexity index is 1890. The van der Waals surface area contributed by atoms with Crippen molar-refractivity contribution in [3.63, 3.8) is 0 Å². The van der Waals surface area contributed by atoms with Crippen LogP contribution in [0.5, 0.6) is 0 Å². The van der Waals surface area contributed by atoms with Gasteiger partial charge in [-0.3, -0.25) is 9.59 Å². The third-order valence-electron chi connectivity index (χ3n) is 8.56. The van der Waals surface area contributed by atoms with E-state index in [1.807, 2.05) is 36.4 Å². The van der Waals surface area contributed by atoms with Crippen LogP contribution in [0, 0.1) is 0 Å². The molecule has 0 heterocycles. The summed E-state index contributed by atoms with van der Waals surface area (Å²) in [6.07, 6.45) is 1.62. The molecule has 0 aromatic heterocycles. The number of rotatable bonds is 11. The van der Waals surface area contributed by atoms with Gasteiger partial charge in [0, 0.05) is 5.02 Å². The second kappa shape index (κ2) is 16.4. The number of urea groups is 1. The van der Waals surface area contributed by atoms with Crippen LogP contribution in [0.15, 0.2) is 91.0 Å². The monoisotopic (exact) mass is 734 g/mol. The fraction of sp³-hybridized carbons (Fsp3) is 0.263. The van der Waals surface area contributed by atoms with Gasteiger partial charge >= 0.3 is 12.0 Å². The number of benzene rings is 4. The molecule has 0 bridgehead atoms. The fourth-order valence-corrected chi connectivity index (χ4v) is 6.71. The molecule has 4 N–H and O–H groups in total. The number of halogens is 3. The minimum Gasteiger partial charge on any atom is -0.459 e. The van der Waals surface area contributed by atoms with Crippen molar-refractivity contribution in [1.82, 2.24) is 16.0 Å². The number of fused-ring (bicyclic) bond motifs is 1. The summed E-state index contributed by atoms with van der Waals surface area (Å²) in [5.74, 6) is -1.99. The molecule has 0 saturated heterocycles. The molecule has 12 heteroatoms. The zero-order valence-corrected chi connectivity index (χ0v) is 29.8. The Hall–Kier alpha value is -4.57. The molecule has 2 atom stereocenters. The third kappa shape index (κ3) is 9.35. The number of carbonyl (C=O) groups excluding carboxylic acids is 4. The van der Waals surface area contributed by atoms with Crippen molar-refractivity contribution in [2.75, 3.05) is 11.9 Å². The first-order valence-electron chi connectivity index (χ1n) is 16.1. The lowest BCUT2D eigenvalue weighted by Crippen LogP contribution is -2.51. The Balaban J connectivity index is 1.29. The smallest absolute Gasteiger partial charge is 0.330 e. The van der Waals surface area contributed by atoms with Crippen LogP contribution in [0.4, 0.5) is 10.5 Å². The van der Waals surface area contributed by atoms with Crippen molar-refractivity contribution in [2.45, 2.75) is 57.2 Å². The second-order valence-corrected chi connectivity index (χ2v) is 13.9. The molecule has 0 saturated carbocycles. The molecular formula is C38H37Cl3N4O5. The van der Waals surface area contributed by atoms with Crippen LogP contribution in [0.3, 0.4) is 0 Å². The predicted octanol–water partition coefficient (Wildman–Crippen LogP) is 7.78. The SMILES string of the molecule is CC1(C)CCC(NC(=O)NC[C@H](NC(=O)c2c(Cl)ccc(NC(=O)Cc3cccc(Cl)c3)c2Cl)C(=O)OCc2ccccc2)c2ccccc21. The lowest BCUT2D eigenvalue weighted by Gasteiger charge is -2.37. The summed E-state index contributed by atoms with van der Waals surface area (Å²) in [7, 11) is 0. The summed E-state index contributed by atoms with van der Waals surface area (Å²) in [4.78, 5) is 53.0. The fourth-order valence-electron chi connectivity index (χ4n) is 5.90. The van der Waals surface area contributed by atoms with Crippen LogP contribution in [-0.2, 0) is 32.8 Å². The average Bonchev–Trinajstić information content (AvgIpc) is 3.08. The van der Waals surface area contributed by atoms with Gasteiger partial charge in [-0.1, -0.05) is 115 Å².